The standard InChI is InChI=1S/C33H34N/c1-21-13-16-27-26-11-9-10-25(22-14-15-23-19-32(2,3)20-24(23)18-22)30(26)33(4,5)31(27)29(21)28-12-7-8-17-34(28)6/h7-18H,19-20H2,1-6H3/q+1/i19D2,20D2. The smallest absolute Gasteiger partial charge is 0.201 e. The van der Waals surface area contributed by atoms with E-state index in [1.54, 1.807) is 13.8 Å². The van der Waals surface area contributed by atoms with Crippen LogP contribution in [-0.4, -0.2) is 0 Å². The molecule has 34 heavy (non-hydrogen) atoms. The summed E-state index contributed by atoms with van der Waals surface area (Å²) in [6.45, 7) is 10.2. The second-order valence-electron chi connectivity index (χ2n) is 10.9. The molecular formula is C33H34N+. The lowest BCUT2D eigenvalue weighted by atomic mass is 9.76. The van der Waals surface area contributed by atoms with Crippen LogP contribution in [0, 0.1) is 12.3 Å². The second-order valence-corrected chi connectivity index (χ2v) is 10.9. The van der Waals surface area contributed by atoms with Crippen LogP contribution in [0.2, 0.25) is 0 Å². The fourth-order valence-corrected chi connectivity index (χ4v) is 6.14. The highest BCUT2D eigenvalue weighted by molar-refractivity contribution is 5.92. The number of aryl methyl sites for hydroxylation is 2. The number of pyridine rings is 1. The lowest BCUT2D eigenvalue weighted by Crippen LogP contribution is -2.31. The lowest BCUT2D eigenvalue weighted by molar-refractivity contribution is -0.660. The van der Waals surface area contributed by atoms with Crippen LogP contribution in [0.1, 0.15) is 61.0 Å². The average Bonchev–Trinajstić information content (AvgIpc) is 3.16. The van der Waals surface area contributed by atoms with Gasteiger partial charge in [0, 0.05) is 23.0 Å². The predicted octanol–water partition coefficient (Wildman–Crippen LogP) is 7.58. The molecule has 0 aliphatic heterocycles. The van der Waals surface area contributed by atoms with E-state index in [2.05, 4.69) is 87.1 Å². The van der Waals surface area contributed by atoms with Gasteiger partial charge in [-0.15, -0.1) is 0 Å². The zero-order chi connectivity index (χ0) is 27.4. The Kier molecular flexibility index (Phi) is 3.63. The van der Waals surface area contributed by atoms with Crippen LogP contribution < -0.4 is 4.57 Å². The van der Waals surface area contributed by atoms with Gasteiger partial charge in [-0.3, -0.25) is 0 Å². The quantitative estimate of drug-likeness (QED) is 0.278. The van der Waals surface area contributed by atoms with Crippen molar-refractivity contribution in [2.24, 2.45) is 12.5 Å². The van der Waals surface area contributed by atoms with E-state index in [1.807, 2.05) is 18.2 Å². The van der Waals surface area contributed by atoms with E-state index in [0.717, 1.165) is 11.1 Å². The van der Waals surface area contributed by atoms with E-state index in [1.165, 1.54) is 39.1 Å². The molecule has 2 aliphatic rings. The van der Waals surface area contributed by atoms with Crippen LogP contribution in [0.25, 0.3) is 33.5 Å². The van der Waals surface area contributed by atoms with Crippen molar-refractivity contribution in [3.63, 3.8) is 0 Å². The summed E-state index contributed by atoms with van der Waals surface area (Å²) in [5.74, 6) is 0. The minimum Gasteiger partial charge on any atom is -0.201 e. The third-order valence-corrected chi connectivity index (χ3v) is 7.55. The van der Waals surface area contributed by atoms with E-state index in [0.29, 0.717) is 11.1 Å². The predicted molar refractivity (Wildman–Crippen MR) is 142 cm³/mol. The Hall–Kier alpha value is -3.19. The van der Waals surface area contributed by atoms with E-state index in [-0.39, 0.29) is 5.41 Å². The maximum absolute atomic E-state index is 8.91. The van der Waals surface area contributed by atoms with Crippen LogP contribution in [0.5, 0.6) is 0 Å². The fraction of sp³-hybridized carbons (Fsp3) is 0.303. The van der Waals surface area contributed by atoms with Crippen molar-refractivity contribution in [3.05, 3.63) is 101 Å². The normalized spacial score (nSPS) is 21.5. The van der Waals surface area contributed by atoms with Gasteiger partial charge < -0.3 is 0 Å². The zero-order valence-electron chi connectivity index (χ0n) is 24.9. The van der Waals surface area contributed by atoms with Gasteiger partial charge in [0.15, 0.2) is 6.20 Å². The fourth-order valence-electron chi connectivity index (χ4n) is 6.14. The first-order chi connectivity index (χ1) is 17.7. The van der Waals surface area contributed by atoms with Crippen molar-refractivity contribution in [1.29, 1.82) is 0 Å². The van der Waals surface area contributed by atoms with Crippen molar-refractivity contribution < 1.29 is 10.1 Å². The number of benzene rings is 3. The van der Waals surface area contributed by atoms with Crippen molar-refractivity contribution in [2.75, 3.05) is 0 Å². The molecule has 0 fully saturated rings. The molecule has 1 heteroatoms. The number of hydrogen-bond donors (Lipinski definition) is 0. The average molecular weight is 449 g/mol. The maximum Gasteiger partial charge on any atom is 0.212 e. The Morgan fingerprint density at radius 1 is 0.765 bits per heavy atom. The first-order valence-corrected chi connectivity index (χ1v) is 12.1. The van der Waals surface area contributed by atoms with Crippen LogP contribution >= 0.6 is 0 Å². The Balaban J connectivity index is 1.60. The summed E-state index contributed by atoms with van der Waals surface area (Å²) < 4.78 is 37.5. The molecule has 0 bridgehead atoms. The topological polar surface area (TPSA) is 3.88 Å². The van der Waals surface area contributed by atoms with E-state index in [9.17, 15) is 0 Å². The summed E-state index contributed by atoms with van der Waals surface area (Å²) in [6.07, 6.45) is -1.45. The minimum absolute atomic E-state index is 0.294. The molecule has 1 nitrogen and oxygen atoms in total. The number of rotatable bonds is 2. The van der Waals surface area contributed by atoms with Crippen LogP contribution in [0.15, 0.2) is 72.9 Å². The first kappa shape index (κ1) is 17.3. The summed E-state index contributed by atoms with van der Waals surface area (Å²) in [6, 6.07) is 22.9. The minimum atomic E-state index is -1.79. The highest BCUT2D eigenvalue weighted by atomic mass is 14.9. The molecule has 1 heterocycles. The van der Waals surface area contributed by atoms with Gasteiger partial charge in [0.1, 0.15) is 7.05 Å². The summed E-state index contributed by atoms with van der Waals surface area (Å²) in [7, 11) is 2.09. The van der Waals surface area contributed by atoms with Gasteiger partial charge in [-0.1, -0.05) is 76.2 Å². The maximum atomic E-state index is 8.91. The van der Waals surface area contributed by atoms with Gasteiger partial charge in [0.2, 0.25) is 5.69 Å². The third kappa shape index (κ3) is 3.03. The molecule has 3 aromatic carbocycles. The van der Waals surface area contributed by atoms with Gasteiger partial charge in [-0.2, -0.15) is 0 Å². The number of hydrogen-bond acceptors (Lipinski definition) is 0. The molecule has 170 valence electrons. The number of fused-ring (bicyclic) bond motifs is 4. The monoisotopic (exact) mass is 448 g/mol. The third-order valence-electron chi connectivity index (χ3n) is 7.55. The van der Waals surface area contributed by atoms with Crippen molar-refractivity contribution in [1.82, 2.24) is 0 Å². The van der Waals surface area contributed by atoms with Gasteiger partial charge in [0.25, 0.3) is 0 Å². The summed E-state index contributed by atoms with van der Waals surface area (Å²) in [5, 5.41) is 0. The Morgan fingerprint density at radius 2 is 1.50 bits per heavy atom. The van der Waals surface area contributed by atoms with E-state index < -0.39 is 18.2 Å². The Bertz CT molecular complexity index is 1650. The van der Waals surface area contributed by atoms with Gasteiger partial charge in [0.05, 0.1) is 5.56 Å². The molecule has 2 aliphatic carbocycles. The molecule has 0 amide bonds. The molecule has 0 radical (unpaired) electrons. The van der Waals surface area contributed by atoms with E-state index in [4.69, 9.17) is 5.48 Å². The van der Waals surface area contributed by atoms with Gasteiger partial charge in [-0.05, 0) is 81.2 Å². The molecule has 0 saturated heterocycles. The van der Waals surface area contributed by atoms with Crippen LogP contribution in [0.4, 0.5) is 0 Å². The van der Waals surface area contributed by atoms with Crippen LogP contribution in [0.3, 0.4) is 0 Å². The van der Waals surface area contributed by atoms with Crippen LogP contribution in [-0.2, 0) is 25.2 Å². The van der Waals surface area contributed by atoms with Gasteiger partial charge in [-0.25, -0.2) is 4.57 Å². The molecule has 0 spiro atoms. The summed E-state index contributed by atoms with van der Waals surface area (Å²) in [4.78, 5) is 0. The van der Waals surface area contributed by atoms with Crippen molar-refractivity contribution in [3.8, 4) is 33.5 Å². The highest BCUT2D eigenvalue weighted by Crippen LogP contribution is 2.55. The molecule has 1 aromatic heterocycles. The second kappa shape index (κ2) is 7.15. The lowest BCUT2D eigenvalue weighted by Gasteiger charge is -2.27. The largest absolute Gasteiger partial charge is 0.212 e. The van der Waals surface area contributed by atoms with E-state index >= 15 is 0 Å². The highest BCUT2D eigenvalue weighted by Gasteiger charge is 2.41. The SMILES string of the molecule is [2H]C1([2H])c2ccc(-c3cccc4c3C(C)(C)c3c-4ccc(C)c3-c3cccc[n+]3C)cc2C([2H])([2H])C1(C)C. The number of aromatic nitrogens is 1. The molecule has 0 saturated carbocycles. The summed E-state index contributed by atoms with van der Waals surface area (Å²) in [5.41, 5.74) is 10.1. The molecule has 6 rings (SSSR count). The zero-order valence-corrected chi connectivity index (χ0v) is 20.9. The van der Waals surface area contributed by atoms with Crippen molar-refractivity contribution in [2.45, 2.75) is 52.8 Å². The summed E-state index contributed by atoms with van der Waals surface area (Å²) >= 11 is 0. The molecular weight excluding hydrogens is 410 g/mol. The molecule has 0 N–H and O–H groups in total. The van der Waals surface area contributed by atoms with Crippen molar-refractivity contribution >= 4 is 0 Å². The van der Waals surface area contributed by atoms with Gasteiger partial charge >= 0.3 is 0 Å². The Morgan fingerprint density at radius 3 is 2.29 bits per heavy atom. The molecule has 4 aromatic rings. The molecule has 0 unspecified atom stereocenters. The Labute approximate surface area is 209 Å². The number of nitrogens with zero attached hydrogens (tertiary/aromatic N) is 1. The molecule has 0 atom stereocenters. The first-order valence-electron chi connectivity index (χ1n) is 14.1.